The van der Waals surface area contributed by atoms with Crippen molar-refractivity contribution in [1.29, 1.82) is 0 Å². The molecule has 0 aromatic carbocycles. The first-order valence-electron chi connectivity index (χ1n) is 18.0. The Labute approximate surface area is 326 Å². The molecular weight excluding hydrogens is 802 g/mol. The van der Waals surface area contributed by atoms with E-state index < -0.39 is 187 Å². The number of ether oxygens (including phenoxy) is 9. The third-order valence-corrected chi connectivity index (χ3v) is 10.5. The van der Waals surface area contributed by atoms with Crippen molar-refractivity contribution in [2.45, 2.75) is 154 Å². The van der Waals surface area contributed by atoms with Gasteiger partial charge >= 0.3 is 0 Å². The average molecular weight is 854 g/mol. The lowest BCUT2D eigenvalue weighted by Crippen LogP contribution is -2.68. The Balaban J connectivity index is 1.23. The summed E-state index contributed by atoms with van der Waals surface area (Å²) < 4.78 is 49.4. The lowest BCUT2D eigenvalue weighted by molar-refractivity contribution is -0.392. The minimum atomic E-state index is -2.13. The fourth-order valence-corrected chi connectivity index (χ4v) is 7.15. The van der Waals surface area contributed by atoms with Crippen molar-refractivity contribution >= 4 is 0 Å². The van der Waals surface area contributed by atoms with Gasteiger partial charge < -0.3 is 124 Å². The highest BCUT2D eigenvalue weighted by atomic mass is 16.8. The first-order valence-corrected chi connectivity index (χ1v) is 18.0. The monoisotopic (exact) mass is 853 g/mol. The lowest BCUT2D eigenvalue weighted by Gasteiger charge is -2.49. The molecule has 0 bridgehead atoms. The molecule has 0 aromatic heterocycles. The van der Waals surface area contributed by atoms with E-state index >= 15 is 0 Å². The summed E-state index contributed by atoms with van der Waals surface area (Å²) in [7, 11) is 0. The molecule has 5 fully saturated rings. The summed E-state index contributed by atoms with van der Waals surface area (Å²) in [5.41, 5.74) is 8.70. The standard InChI is InChI=1S/C30H51N3O25/c31-33-32-1-6-22(13(40)17(44)26(49)50-6)55-28-19(46)14(41)24(9(4-36)52-28)57-30-21(48)16(43)25(10(5-37)54-30)58-29-20(47)15(42)23(8(3-35)53-29)56-27-18(45)12(39)11(38)7(2-34)51-27/h6-30,34-49H,1-5H2/t6-,7-,8-,9-,10-,11-,12+,13-,14-,15-,16-,17-,18-,19-,20-,21-,22-,23-,24-,25-,26?,27-,28-,29-,30-/m1/s1. The normalized spacial score (nSPS) is 51.6. The SMILES string of the molecule is [N-]=[N+]=NC[C@H]1OC(O)[C@H](O)[C@@H](O)[C@@H]1O[C@H]1O[C@H](CO)[C@@H](O[C@H]2O[C@H](CO)[C@@H](O[C@H]3O[C@H](CO)[C@@H](O[C@H]4O[C@H](CO)[C@@H](O)[C@H](O)[C@H]4O)[C@H](O)[C@H]3O)[C@H](O)[C@H]2O)[C@H](O)[C@H]1O. The van der Waals surface area contributed by atoms with Gasteiger partial charge in [-0.15, -0.1) is 0 Å². The van der Waals surface area contributed by atoms with Crippen LogP contribution in [0.1, 0.15) is 0 Å². The van der Waals surface area contributed by atoms with Crippen LogP contribution >= 0.6 is 0 Å². The quantitative estimate of drug-likeness (QED) is 0.0438. The fourth-order valence-electron chi connectivity index (χ4n) is 7.15. The number of aliphatic hydroxyl groups excluding tert-OH is 16. The van der Waals surface area contributed by atoms with E-state index in [1.54, 1.807) is 0 Å². The van der Waals surface area contributed by atoms with Crippen molar-refractivity contribution in [1.82, 2.24) is 0 Å². The van der Waals surface area contributed by atoms with E-state index in [9.17, 15) is 81.7 Å². The van der Waals surface area contributed by atoms with Gasteiger partial charge in [0, 0.05) is 4.91 Å². The Kier molecular flexibility index (Phi) is 16.7. The molecule has 58 heavy (non-hydrogen) atoms. The van der Waals surface area contributed by atoms with Crippen molar-refractivity contribution in [2.24, 2.45) is 5.11 Å². The number of rotatable bonds is 14. The molecule has 5 heterocycles. The van der Waals surface area contributed by atoms with Crippen molar-refractivity contribution in [3.63, 3.8) is 0 Å². The molecule has 28 heteroatoms. The maximum absolute atomic E-state index is 11.1. The molecule has 0 saturated carbocycles. The van der Waals surface area contributed by atoms with Crippen molar-refractivity contribution in [3.05, 3.63) is 10.4 Å². The molecule has 5 saturated heterocycles. The highest BCUT2D eigenvalue weighted by Gasteiger charge is 2.56. The van der Waals surface area contributed by atoms with Gasteiger partial charge in [0.15, 0.2) is 31.5 Å². The summed E-state index contributed by atoms with van der Waals surface area (Å²) in [5, 5.41) is 170. The van der Waals surface area contributed by atoms with Crippen LogP contribution in [0.15, 0.2) is 5.11 Å². The van der Waals surface area contributed by atoms with E-state index in [2.05, 4.69) is 10.0 Å². The number of aliphatic hydroxyl groups is 16. The van der Waals surface area contributed by atoms with Crippen LogP contribution in [0.3, 0.4) is 0 Å². The predicted molar refractivity (Wildman–Crippen MR) is 173 cm³/mol. The summed E-state index contributed by atoms with van der Waals surface area (Å²) >= 11 is 0. The zero-order valence-electron chi connectivity index (χ0n) is 30.1. The molecule has 25 atom stereocenters. The van der Waals surface area contributed by atoms with Crippen LogP contribution in [-0.2, 0) is 42.6 Å². The zero-order chi connectivity index (χ0) is 42.7. The van der Waals surface area contributed by atoms with Gasteiger partial charge in [-0.05, 0) is 5.53 Å². The fraction of sp³-hybridized carbons (Fsp3) is 1.00. The van der Waals surface area contributed by atoms with Crippen molar-refractivity contribution in [3.8, 4) is 0 Å². The lowest BCUT2D eigenvalue weighted by atomic mass is 9.95. The molecule has 5 aliphatic rings. The average Bonchev–Trinajstić information content (AvgIpc) is 3.21. The van der Waals surface area contributed by atoms with Gasteiger partial charge in [-0.1, -0.05) is 5.11 Å². The van der Waals surface area contributed by atoms with Gasteiger partial charge in [0.05, 0.1) is 39.1 Å². The van der Waals surface area contributed by atoms with Gasteiger partial charge in [0.2, 0.25) is 0 Å². The molecule has 0 aliphatic carbocycles. The minimum absolute atomic E-state index is 0.534. The summed E-state index contributed by atoms with van der Waals surface area (Å²) in [6.07, 6.45) is -46.0. The molecule has 0 aromatic rings. The van der Waals surface area contributed by atoms with Gasteiger partial charge in [-0.25, -0.2) is 0 Å². The number of azide groups is 1. The van der Waals surface area contributed by atoms with Gasteiger partial charge in [-0.2, -0.15) is 0 Å². The highest BCUT2D eigenvalue weighted by Crippen LogP contribution is 2.35. The number of hydrogen-bond acceptors (Lipinski definition) is 26. The summed E-state index contributed by atoms with van der Waals surface area (Å²) in [4.78, 5) is 2.55. The Hall–Kier alpha value is -1.69. The summed E-state index contributed by atoms with van der Waals surface area (Å²) in [5.74, 6) is 0. The second-order valence-corrected chi connectivity index (χ2v) is 14.2. The molecule has 0 amide bonds. The van der Waals surface area contributed by atoms with Crippen LogP contribution in [0.5, 0.6) is 0 Å². The predicted octanol–water partition coefficient (Wildman–Crippen LogP) is -10.6. The Morgan fingerprint density at radius 2 is 0.690 bits per heavy atom. The Morgan fingerprint density at radius 1 is 0.379 bits per heavy atom. The van der Waals surface area contributed by atoms with Gasteiger partial charge in [0.25, 0.3) is 0 Å². The third kappa shape index (κ3) is 9.67. The van der Waals surface area contributed by atoms with Crippen molar-refractivity contribution in [2.75, 3.05) is 33.0 Å². The molecule has 1 unspecified atom stereocenters. The van der Waals surface area contributed by atoms with Crippen LogP contribution in [0.2, 0.25) is 0 Å². The maximum atomic E-state index is 11.1. The first-order chi connectivity index (χ1) is 27.5. The van der Waals surface area contributed by atoms with E-state index in [0.717, 1.165) is 0 Å². The molecule has 336 valence electrons. The van der Waals surface area contributed by atoms with Gasteiger partial charge in [0.1, 0.15) is 116 Å². The van der Waals surface area contributed by atoms with Crippen molar-refractivity contribution < 1.29 is 124 Å². The largest absolute Gasteiger partial charge is 0.394 e. The van der Waals surface area contributed by atoms with Crippen LogP contribution in [0.4, 0.5) is 0 Å². The third-order valence-electron chi connectivity index (χ3n) is 10.5. The number of hydrogen-bond donors (Lipinski definition) is 16. The Morgan fingerprint density at radius 3 is 1.03 bits per heavy atom. The maximum Gasteiger partial charge on any atom is 0.187 e. The first kappa shape index (κ1) is 47.4. The van der Waals surface area contributed by atoms with Crippen LogP contribution in [-0.4, -0.2) is 268 Å². The molecule has 0 spiro atoms. The molecule has 5 aliphatic heterocycles. The second kappa shape index (κ2) is 20.5. The minimum Gasteiger partial charge on any atom is -0.394 e. The molecule has 5 rings (SSSR count). The van der Waals surface area contributed by atoms with E-state index in [4.69, 9.17) is 48.2 Å². The zero-order valence-corrected chi connectivity index (χ0v) is 30.1. The van der Waals surface area contributed by atoms with E-state index in [1.165, 1.54) is 0 Å². The van der Waals surface area contributed by atoms with Crippen LogP contribution < -0.4 is 0 Å². The molecular formula is C30H51N3O25. The second-order valence-electron chi connectivity index (χ2n) is 14.2. The van der Waals surface area contributed by atoms with E-state index in [1.807, 2.05) is 0 Å². The molecule has 28 nitrogen and oxygen atoms in total. The van der Waals surface area contributed by atoms with Crippen LogP contribution in [0.25, 0.3) is 10.4 Å². The van der Waals surface area contributed by atoms with E-state index in [-0.39, 0.29) is 0 Å². The van der Waals surface area contributed by atoms with Crippen LogP contribution in [0, 0.1) is 0 Å². The molecule has 0 radical (unpaired) electrons. The summed E-state index contributed by atoms with van der Waals surface area (Å²) in [6.45, 7) is -4.24. The number of nitrogens with zero attached hydrogens (tertiary/aromatic N) is 3. The van der Waals surface area contributed by atoms with E-state index in [0.29, 0.717) is 0 Å². The molecule has 16 N–H and O–H groups in total. The Bertz CT molecular complexity index is 1330. The smallest absolute Gasteiger partial charge is 0.187 e. The topological polar surface area (TPSA) is 456 Å². The van der Waals surface area contributed by atoms with Gasteiger partial charge in [-0.3, -0.25) is 0 Å². The summed E-state index contributed by atoms with van der Waals surface area (Å²) in [6, 6.07) is 0. The highest BCUT2D eigenvalue weighted by molar-refractivity contribution is 4.99.